The zero-order valence-corrected chi connectivity index (χ0v) is 15.5. The van der Waals surface area contributed by atoms with Gasteiger partial charge in [-0.25, -0.2) is 4.79 Å². The van der Waals surface area contributed by atoms with Gasteiger partial charge in [0.1, 0.15) is 10.6 Å². The molecule has 2 N–H and O–H groups in total. The molecule has 1 saturated carbocycles. The Morgan fingerprint density at radius 3 is 2.64 bits per heavy atom. The third-order valence-electron chi connectivity index (χ3n) is 3.65. The molecule has 1 fully saturated rings. The average Bonchev–Trinajstić information content (AvgIpc) is 3.04. The molecule has 0 unspecified atom stereocenters. The number of hydrogen-bond donors (Lipinski definition) is 2. The average molecular weight is 378 g/mol. The van der Waals surface area contributed by atoms with E-state index in [0.29, 0.717) is 10.6 Å². The lowest BCUT2D eigenvalue weighted by Gasteiger charge is -2.14. The normalized spacial score (nSPS) is 14.6. The first kappa shape index (κ1) is 17.6. The highest BCUT2D eigenvalue weighted by atomic mass is 32.1. The number of nitrogens with one attached hydrogen (secondary N) is 2. The summed E-state index contributed by atoms with van der Waals surface area (Å²) in [6, 6.07) is 3.98. The van der Waals surface area contributed by atoms with Crippen molar-refractivity contribution in [1.29, 1.82) is 0 Å². The number of thiophene rings is 2. The number of rotatable bonds is 6. The van der Waals surface area contributed by atoms with Gasteiger partial charge in [-0.15, -0.1) is 22.7 Å². The standard InChI is InChI=1S/C17H18N2O4S2/c1-9(15(21)19-11-5-6-11)23-17(22)14-12(13-4-3-7-24-13)8-25-16(14)18-10(2)20/h3-4,7-9,11H,5-6H2,1-2H3,(H,18,20)(H,19,21)/t9-/m1/s1. The first-order valence-electron chi connectivity index (χ1n) is 7.90. The van der Waals surface area contributed by atoms with Crippen LogP contribution in [0.1, 0.15) is 37.0 Å². The quantitative estimate of drug-likeness (QED) is 0.756. The van der Waals surface area contributed by atoms with Crippen LogP contribution in [0.5, 0.6) is 0 Å². The van der Waals surface area contributed by atoms with Crippen LogP contribution in [0, 0.1) is 0 Å². The second-order valence-corrected chi connectivity index (χ2v) is 7.67. The Kier molecular flexibility index (Phi) is 5.19. The molecule has 2 aromatic rings. The Morgan fingerprint density at radius 2 is 2.04 bits per heavy atom. The summed E-state index contributed by atoms with van der Waals surface area (Å²) in [4.78, 5) is 37.0. The van der Waals surface area contributed by atoms with E-state index in [1.807, 2.05) is 22.9 Å². The van der Waals surface area contributed by atoms with E-state index in [4.69, 9.17) is 4.74 Å². The molecule has 3 rings (SSSR count). The molecule has 2 heterocycles. The van der Waals surface area contributed by atoms with E-state index in [-0.39, 0.29) is 23.4 Å². The van der Waals surface area contributed by atoms with E-state index in [9.17, 15) is 14.4 Å². The van der Waals surface area contributed by atoms with Gasteiger partial charge in [-0.05, 0) is 31.2 Å². The van der Waals surface area contributed by atoms with Crippen molar-refractivity contribution in [3.63, 3.8) is 0 Å². The summed E-state index contributed by atoms with van der Waals surface area (Å²) in [5.74, 6) is -1.19. The summed E-state index contributed by atoms with van der Waals surface area (Å²) in [7, 11) is 0. The number of amides is 2. The van der Waals surface area contributed by atoms with Crippen molar-refractivity contribution in [3.05, 3.63) is 28.5 Å². The SMILES string of the molecule is CC(=O)Nc1scc(-c2cccs2)c1C(=O)O[C@H](C)C(=O)NC1CC1. The number of anilines is 1. The Labute approximate surface area is 153 Å². The Balaban J connectivity index is 1.82. The fraction of sp³-hybridized carbons (Fsp3) is 0.353. The zero-order valence-electron chi connectivity index (χ0n) is 13.8. The molecule has 0 aromatic carbocycles. The Morgan fingerprint density at radius 1 is 1.28 bits per heavy atom. The molecule has 0 aliphatic heterocycles. The van der Waals surface area contributed by atoms with Gasteiger partial charge < -0.3 is 15.4 Å². The van der Waals surface area contributed by atoms with Crippen molar-refractivity contribution >= 4 is 45.5 Å². The Bertz CT molecular complexity index is 794. The smallest absolute Gasteiger partial charge is 0.342 e. The summed E-state index contributed by atoms with van der Waals surface area (Å²) in [5.41, 5.74) is 0.984. The van der Waals surface area contributed by atoms with Crippen molar-refractivity contribution in [1.82, 2.24) is 5.32 Å². The minimum absolute atomic E-state index is 0.200. The number of hydrogen-bond acceptors (Lipinski definition) is 6. The summed E-state index contributed by atoms with van der Waals surface area (Å²) in [6.45, 7) is 2.93. The molecule has 1 aliphatic carbocycles. The van der Waals surface area contributed by atoms with Gasteiger partial charge in [0, 0.05) is 28.8 Å². The molecule has 0 bridgehead atoms. The topological polar surface area (TPSA) is 84.5 Å². The summed E-state index contributed by atoms with van der Waals surface area (Å²) < 4.78 is 5.36. The number of carbonyl (C=O) groups excluding carboxylic acids is 3. The van der Waals surface area contributed by atoms with Crippen LogP contribution in [-0.4, -0.2) is 29.9 Å². The minimum atomic E-state index is -0.894. The third-order valence-corrected chi connectivity index (χ3v) is 5.45. The Hall–Kier alpha value is -2.19. The molecule has 0 spiro atoms. The maximum atomic E-state index is 12.7. The number of ether oxygens (including phenoxy) is 1. The molecule has 0 radical (unpaired) electrons. The summed E-state index contributed by atoms with van der Waals surface area (Å²) in [5, 5.41) is 9.62. The van der Waals surface area contributed by atoms with Crippen molar-refractivity contribution in [3.8, 4) is 10.4 Å². The molecule has 2 aromatic heterocycles. The van der Waals surface area contributed by atoms with E-state index < -0.39 is 12.1 Å². The van der Waals surface area contributed by atoms with E-state index in [1.165, 1.54) is 29.6 Å². The van der Waals surface area contributed by atoms with Gasteiger partial charge in [0.15, 0.2) is 6.10 Å². The lowest BCUT2D eigenvalue weighted by Crippen LogP contribution is -2.37. The lowest BCUT2D eigenvalue weighted by molar-refractivity contribution is -0.129. The lowest BCUT2D eigenvalue weighted by atomic mass is 10.1. The maximum Gasteiger partial charge on any atom is 0.342 e. The number of carbonyl (C=O) groups is 3. The van der Waals surface area contributed by atoms with E-state index >= 15 is 0 Å². The first-order valence-corrected chi connectivity index (χ1v) is 9.66. The van der Waals surface area contributed by atoms with Crippen LogP contribution in [-0.2, 0) is 14.3 Å². The van der Waals surface area contributed by atoms with Crippen LogP contribution in [0.15, 0.2) is 22.9 Å². The van der Waals surface area contributed by atoms with Crippen LogP contribution >= 0.6 is 22.7 Å². The fourth-order valence-electron chi connectivity index (χ4n) is 2.24. The van der Waals surface area contributed by atoms with Crippen LogP contribution in [0.3, 0.4) is 0 Å². The van der Waals surface area contributed by atoms with Gasteiger partial charge in [0.05, 0.1) is 0 Å². The highest BCUT2D eigenvalue weighted by molar-refractivity contribution is 7.17. The molecule has 1 atom stereocenters. The molecule has 2 amide bonds. The minimum Gasteiger partial charge on any atom is -0.449 e. The van der Waals surface area contributed by atoms with Crippen LogP contribution in [0.2, 0.25) is 0 Å². The largest absolute Gasteiger partial charge is 0.449 e. The van der Waals surface area contributed by atoms with E-state index in [2.05, 4.69) is 10.6 Å². The fourth-order valence-corrected chi connectivity index (χ4v) is 4.06. The van der Waals surface area contributed by atoms with Crippen LogP contribution in [0.25, 0.3) is 10.4 Å². The predicted octanol–water partition coefficient (Wildman–Crippen LogP) is 3.26. The maximum absolute atomic E-state index is 12.7. The predicted molar refractivity (Wildman–Crippen MR) is 98.0 cm³/mol. The van der Waals surface area contributed by atoms with Gasteiger partial charge in [-0.1, -0.05) is 6.07 Å². The first-order chi connectivity index (χ1) is 12.0. The van der Waals surface area contributed by atoms with Gasteiger partial charge >= 0.3 is 5.97 Å². The molecule has 132 valence electrons. The molecule has 0 saturated heterocycles. The van der Waals surface area contributed by atoms with Crippen molar-refractivity contribution < 1.29 is 19.1 Å². The van der Waals surface area contributed by atoms with Crippen LogP contribution < -0.4 is 10.6 Å². The third kappa shape index (κ3) is 4.26. The van der Waals surface area contributed by atoms with Crippen molar-refractivity contribution in [2.75, 3.05) is 5.32 Å². The second-order valence-electron chi connectivity index (χ2n) is 5.84. The number of esters is 1. The van der Waals surface area contributed by atoms with Crippen LogP contribution in [0.4, 0.5) is 5.00 Å². The van der Waals surface area contributed by atoms with Gasteiger partial charge in [-0.3, -0.25) is 9.59 Å². The van der Waals surface area contributed by atoms with Crippen molar-refractivity contribution in [2.24, 2.45) is 0 Å². The monoisotopic (exact) mass is 378 g/mol. The van der Waals surface area contributed by atoms with Gasteiger partial charge in [0.2, 0.25) is 5.91 Å². The van der Waals surface area contributed by atoms with Gasteiger partial charge in [-0.2, -0.15) is 0 Å². The second kappa shape index (κ2) is 7.37. The molecule has 6 nitrogen and oxygen atoms in total. The molecule has 1 aliphatic rings. The highest BCUT2D eigenvalue weighted by Gasteiger charge is 2.29. The molecular weight excluding hydrogens is 360 g/mol. The van der Waals surface area contributed by atoms with E-state index in [0.717, 1.165) is 17.7 Å². The molecule has 25 heavy (non-hydrogen) atoms. The molecular formula is C17H18N2O4S2. The van der Waals surface area contributed by atoms with Crippen molar-refractivity contribution in [2.45, 2.75) is 38.8 Å². The molecule has 8 heteroatoms. The summed E-state index contributed by atoms with van der Waals surface area (Å²) >= 11 is 2.75. The van der Waals surface area contributed by atoms with E-state index in [1.54, 1.807) is 6.92 Å². The van der Waals surface area contributed by atoms with Gasteiger partial charge in [0.25, 0.3) is 5.91 Å². The highest BCUT2D eigenvalue weighted by Crippen LogP contribution is 2.38. The zero-order chi connectivity index (χ0) is 18.0. The summed E-state index contributed by atoms with van der Waals surface area (Å²) in [6.07, 6.45) is 1.03.